The Morgan fingerprint density at radius 2 is 1.65 bits per heavy atom. The lowest BCUT2D eigenvalue weighted by molar-refractivity contribution is 0.104. The van der Waals surface area contributed by atoms with Crippen molar-refractivity contribution >= 4 is 11.9 Å². The Bertz CT molecular complexity index is 776. The molecular formula is C19H18O4. The van der Waals surface area contributed by atoms with Crippen molar-refractivity contribution < 1.29 is 19.0 Å². The second kappa shape index (κ2) is 6.16. The lowest BCUT2D eigenvalue weighted by Crippen LogP contribution is -2.00. The number of benzene rings is 2. The van der Waals surface area contributed by atoms with E-state index in [4.69, 9.17) is 14.2 Å². The molecule has 2 aromatic carbocycles. The Morgan fingerprint density at radius 1 is 0.957 bits per heavy atom. The molecule has 0 atom stereocenters. The van der Waals surface area contributed by atoms with Crippen LogP contribution in [0.2, 0.25) is 0 Å². The number of hydrogen-bond acceptors (Lipinski definition) is 4. The highest BCUT2D eigenvalue weighted by Crippen LogP contribution is 2.46. The minimum absolute atomic E-state index is 0.00288. The lowest BCUT2D eigenvalue weighted by Gasteiger charge is -2.15. The second-order valence-electron chi connectivity index (χ2n) is 5.26. The van der Waals surface area contributed by atoms with Crippen molar-refractivity contribution in [1.82, 2.24) is 0 Å². The van der Waals surface area contributed by atoms with Crippen LogP contribution in [0.25, 0.3) is 6.08 Å². The van der Waals surface area contributed by atoms with Crippen LogP contribution in [0.15, 0.2) is 42.0 Å². The van der Waals surface area contributed by atoms with Gasteiger partial charge in [-0.2, -0.15) is 0 Å². The maximum atomic E-state index is 12.7. The van der Waals surface area contributed by atoms with Gasteiger partial charge in [0.15, 0.2) is 17.3 Å². The van der Waals surface area contributed by atoms with Crippen molar-refractivity contribution in [3.63, 3.8) is 0 Å². The minimum Gasteiger partial charge on any atom is -0.493 e. The van der Waals surface area contributed by atoms with Gasteiger partial charge in [-0.05, 0) is 17.7 Å². The van der Waals surface area contributed by atoms with Crippen LogP contribution in [0, 0.1) is 0 Å². The van der Waals surface area contributed by atoms with Gasteiger partial charge in [0.05, 0.1) is 21.3 Å². The number of allylic oxidation sites excluding steroid dienone is 1. The number of carbonyl (C=O) groups excluding carboxylic acids is 1. The predicted octanol–water partition coefficient (Wildman–Crippen LogP) is 3.53. The molecule has 0 amide bonds. The summed E-state index contributed by atoms with van der Waals surface area (Å²) in [7, 11) is 4.68. The minimum atomic E-state index is 0.00288. The fourth-order valence-electron chi connectivity index (χ4n) is 2.90. The normalized spacial score (nSPS) is 14.7. The van der Waals surface area contributed by atoms with E-state index in [1.165, 1.54) is 0 Å². The van der Waals surface area contributed by atoms with Gasteiger partial charge in [-0.25, -0.2) is 0 Å². The molecule has 0 radical (unpaired) electrons. The van der Waals surface area contributed by atoms with Gasteiger partial charge in [-0.15, -0.1) is 0 Å². The van der Waals surface area contributed by atoms with E-state index in [2.05, 4.69) is 0 Å². The average molecular weight is 310 g/mol. The predicted molar refractivity (Wildman–Crippen MR) is 88.6 cm³/mol. The molecule has 0 saturated carbocycles. The first kappa shape index (κ1) is 15.2. The fraction of sp³-hybridized carbons (Fsp3) is 0.211. The molecule has 0 N–H and O–H groups in total. The van der Waals surface area contributed by atoms with Crippen molar-refractivity contribution in [3.05, 3.63) is 58.7 Å². The summed E-state index contributed by atoms with van der Waals surface area (Å²) in [6.45, 7) is 0. The van der Waals surface area contributed by atoms with Crippen LogP contribution in [0.4, 0.5) is 0 Å². The summed E-state index contributed by atoms with van der Waals surface area (Å²) in [5.41, 5.74) is 3.19. The molecule has 1 aliphatic carbocycles. The monoisotopic (exact) mass is 310 g/mol. The Morgan fingerprint density at radius 3 is 2.26 bits per heavy atom. The highest BCUT2D eigenvalue weighted by Gasteiger charge is 2.32. The van der Waals surface area contributed by atoms with Crippen LogP contribution < -0.4 is 14.2 Å². The van der Waals surface area contributed by atoms with E-state index in [1.54, 1.807) is 27.4 Å². The highest BCUT2D eigenvalue weighted by molar-refractivity contribution is 6.16. The van der Waals surface area contributed by atoms with Crippen molar-refractivity contribution in [3.8, 4) is 17.2 Å². The van der Waals surface area contributed by atoms with Gasteiger partial charge >= 0.3 is 0 Å². The number of rotatable bonds is 4. The number of fused-ring (bicyclic) bond motifs is 1. The molecule has 23 heavy (non-hydrogen) atoms. The van der Waals surface area contributed by atoms with Crippen LogP contribution in [0.3, 0.4) is 0 Å². The molecule has 0 spiro atoms. The van der Waals surface area contributed by atoms with Crippen LogP contribution in [-0.2, 0) is 6.42 Å². The molecule has 3 rings (SSSR count). The SMILES string of the molecule is COc1cc2c(c(OC)c1OC)C/C(=C\c1ccccc1)C2=O. The van der Waals surface area contributed by atoms with Crippen LogP contribution in [0.1, 0.15) is 21.5 Å². The molecule has 0 fully saturated rings. The number of ether oxygens (including phenoxy) is 3. The summed E-state index contributed by atoms with van der Waals surface area (Å²) in [5, 5.41) is 0. The molecule has 0 heterocycles. The molecule has 0 aromatic heterocycles. The van der Waals surface area contributed by atoms with Gasteiger partial charge in [0.2, 0.25) is 5.75 Å². The van der Waals surface area contributed by atoms with E-state index in [1.807, 2.05) is 36.4 Å². The van der Waals surface area contributed by atoms with E-state index in [-0.39, 0.29) is 5.78 Å². The number of carbonyl (C=O) groups is 1. The third kappa shape index (κ3) is 2.57. The second-order valence-corrected chi connectivity index (χ2v) is 5.26. The lowest BCUT2D eigenvalue weighted by atomic mass is 10.1. The molecule has 0 unspecified atom stereocenters. The number of hydrogen-bond donors (Lipinski definition) is 0. The molecule has 4 nitrogen and oxygen atoms in total. The van der Waals surface area contributed by atoms with Gasteiger partial charge in [0.25, 0.3) is 0 Å². The Kier molecular flexibility index (Phi) is 4.06. The topological polar surface area (TPSA) is 44.8 Å². The maximum Gasteiger partial charge on any atom is 0.203 e. The van der Waals surface area contributed by atoms with E-state index < -0.39 is 0 Å². The zero-order chi connectivity index (χ0) is 16.4. The molecule has 1 aliphatic rings. The van der Waals surface area contributed by atoms with Crippen molar-refractivity contribution in [2.45, 2.75) is 6.42 Å². The quantitative estimate of drug-likeness (QED) is 0.810. The standard InChI is InChI=1S/C19H18O4/c1-21-16-11-14-15(18(22-2)19(16)23-3)10-13(17(14)20)9-12-7-5-4-6-8-12/h4-9,11H,10H2,1-3H3/b13-9+. The third-order valence-electron chi connectivity index (χ3n) is 3.98. The van der Waals surface area contributed by atoms with Gasteiger partial charge in [-0.3, -0.25) is 4.79 Å². The van der Waals surface area contributed by atoms with Crippen LogP contribution in [0.5, 0.6) is 17.2 Å². The molecule has 118 valence electrons. The van der Waals surface area contributed by atoms with E-state index in [0.717, 1.165) is 16.7 Å². The zero-order valence-corrected chi connectivity index (χ0v) is 13.4. The van der Waals surface area contributed by atoms with E-state index >= 15 is 0 Å². The van der Waals surface area contributed by atoms with Crippen LogP contribution in [-0.4, -0.2) is 27.1 Å². The first-order chi connectivity index (χ1) is 11.2. The summed E-state index contributed by atoms with van der Waals surface area (Å²) in [5.74, 6) is 1.58. The summed E-state index contributed by atoms with van der Waals surface area (Å²) in [6, 6.07) is 11.5. The first-order valence-electron chi connectivity index (χ1n) is 7.31. The molecule has 0 bridgehead atoms. The average Bonchev–Trinajstić information content (AvgIpc) is 2.89. The number of methoxy groups -OCH3 is 3. The molecule has 0 saturated heterocycles. The smallest absolute Gasteiger partial charge is 0.203 e. The number of ketones is 1. The van der Waals surface area contributed by atoms with Gasteiger partial charge in [0, 0.05) is 23.1 Å². The van der Waals surface area contributed by atoms with E-state index in [9.17, 15) is 4.79 Å². The van der Waals surface area contributed by atoms with Gasteiger partial charge in [0.1, 0.15) is 0 Å². The summed E-state index contributed by atoms with van der Waals surface area (Å²) in [6.07, 6.45) is 2.44. The Hall–Kier alpha value is -2.75. The van der Waals surface area contributed by atoms with Gasteiger partial charge < -0.3 is 14.2 Å². The van der Waals surface area contributed by atoms with Crippen LogP contribution >= 0.6 is 0 Å². The maximum absolute atomic E-state index is 12.7. The fourth-order valence-corrected chi connectivity index (χ4v) is 2.90. The summed E-state index contributed by atoms with van der Waals surface area (Å²) >= 11 is 0. The molecule has 0 aliphatic heterocycles. The Labute approximate surface area is 135 Å². The van der Waals surface area contributed by atoms with Crippen molar-refractivity contribution in [2.75, 3.05) is 21.3 Å². The molecule has 2 aromatic rings. The van der Waals surface area contributed by atoms with Gasteiger partial charge in [-0.1, -0.05) is 30.3 Å². The van der Waals surface area contributed by atoms with Crippen molar-refractivity contribution in [1.29, 1.82) is 0 Å². The Balaban J connectivity index is 2.11. The van der Waals surface area contributed by atoms with E-state index in [0.29, 0.717) is 29.2 Å². The summed E-state index contributed by atoms with van der Waals surface area (Å²) in [4.78, 5) is 12.7. The first-order valence-corrected chi connectivity index (χ1v) is 7.31. The number of Topliss-reactive ketones (excluding diaryl/α,β-unsaturated/α-hetero) is 1. The zero-order valence-electron chi connectivity index (χ0n) is 13.4. The molecule has 4 heteroatoms. The largest absolute Gasteiger partial charge is 0.493 e. The molecular weight excluding hydrogens is 292 g/mol. The third-order valence-corrected chi connectivity index (χ3v) is 3.98. The summed E-state index contributed by atoms with van der Waals surface area (Å²) < 4.78 is 16.2. The highest BCUT2D eigenvalue weighted by atomic mass is 16.5. The van der Waals surface area contributed by atoms with Crippen molar-refractivity contribution in [2.24, 2.45) is 0 Å².